The minimum Gasteiger partial charge on any atom is -0.481 e. The summed E-state index contributed by atoms with van der Waals surface area (Å²) in [7, 11) is 0. The van der Waals surface area contributed by atoms with Gasteiger partial charge in [0.25, 0.3) is 0 Å². The molecule has 184 valence electrons. The van der Waals surface area contributed by atoms with Crippen molar-refractivity contribution in [1.29, 1.82) is 0 Å². The number of thiazole rings is 1. The molecule has 3 N–H and O–H groups in total. The van der Waals surface area contributed by atoms with Crippen LogP contribution in [0.3, 0.4) is 0 Å². The highest BCUT2D eigenvalue weighted by molar-refractivity contribution is 8.01. The van der Waals surface area contributed by atoms with Gasteiger partial charge in [-0.25, -0.2) is 4.98 Å². The fourth-order valence-electron chi connectivity index (χ4n) is 4.45. The summed E-state index contributed by atoms with van der Waals surface area (Å²) < 4.78 is 1.67. The second-order valence-corrected chi connectivity index (χ2v) is 11.3. The summed E-state index contributed by atoms with van der Waals surface area (Å²) in [6.45, 7) is 4.19. The zero-order valence-electron chi connectivity index (χ0n) is 19.7. The van der Waals surface area contributed by atoms with Crippen molar-refractivity contribution < 1.29 is 19.5 Å². The Morgan fingerprint density at radius 3 is 2.57 bits per heavy atom. The van der Waals surface area contributed by atoms with Crippen LogP contribution >= 0.6 is 23.1 Å². The zero-order valence-corrected chi connectivity index (χ0v) is 21.4. The quantitative estimate of drug-likeness (QED) is 0.321. The SMILES string of the molecule is CC(C)c1ccccc1NC(=O)CSc1nc2ccc(NC(=O)[C@H]3CCCC[C@@H]3C(=O)O)cc2s1. The highest BCUT2D eigenvalue weighted by Crippen LogP contribution is 2.34. The molecule has 0 spiro atoms. The lowest BCUT2D eigenvalue weighted by molar-refractivity contribution is -0.147. The number of nitrogens with zero attached hydrogens (tertiary/aromatic N) is 1. The first kappa shape index (κ1) is 25.2. The van der Waals surface area contributed by atoms with E-state index in [-0.39, 0.29) is 17.6 Å². The van der Waals surface area contributed by atoms with E-state index in [4.69, 9.17) is 0 Å². The van der Waals surface area contributed by atoms with Gasteiger partial charge in [-0.1, -0.05) is 56.7 Å². The van der Waals surface area contributed by atoms with E-state index in [1.54, 1.807) is 6.07 Å². The van der Waals surface area contributed by atoms with Gasteiger partial charge in [0.2, 0.25) is 11.8 Å². The van der Waals surface area contributed by atoms with Gasteiger partial charge >= 0.3 is 5.97 Å². The number of rotatable bonds is 8. The van der Waals surface area contributed by atoms with Crippen LogP contribution in [-0.4, -0.2) is 33.6 Å². The third kappa shape index (κ3) is 6.21. The summed E-state index contributed by atoms with van der Waals surface area (Å²) in [4.78, 5) is 41.4. The Kier molecular flexibility index (Phi) is 8.07. The van der Waals surface area contributed by atoms with E-state index in [0.717, 1.165) is 38.6 Å². The van der Waals surface area contributed by atoms with Gasteiger partial charge in [-0.2, -0.15) is 0 Å². The van der Waals surface area contributed by atoms with Gasteiger partial charge in [-0.15, -0.1) is 11.3 Å². The fourth-order valence-corrected chi connectivity index (χ4v) is 6.35. The number of aromatic nitrogens is 1. The summed E-state index contributed by atoms with van der Waals surface area (Å²) in [6.07, 6.45) is 2.85. The molecule has 1 heterocycles. The van der Waals surface area contributed by atoms with E-state index in [1.165, 1.54) is 23.1 Å². The minimum atomic E-state index is -0.902. The number of carboxylic acids is 1. The number of thioether (sulfide) groups is 1. The molecule has 4 rings (SSSR count). The maximum atomic E-state index is 12.8. The largest absolute Gasteiger partial charge is 0.481 e. The Balaban J connectivity index is 1.38. The number of carboxylic acid groups (broad SMARTS) is 1. The number of hydrogen-bond donors (Lipinski definition) is 3. The lowest BCUT2D eigenvalue weighted by atomic mass is 9.78. The van der Waals surface area contributed by atoms with Crippen LogP contribution in [0.2, 0.25) is 0 Å². The average Bonchev–Trinajstić information content (AvgIpc) is 3.25. The lowest BCUT2D eigenvalue weighted by Crippen LogP contribution is -2.36. The van der Waals surface area contributed by atoms with E-state index in [9.17, 15) is 19.5 Å². The highest BCUT2D eigenvalue weighted by Gasteiger charge is 2.35. The minimum absolute atomic E-state index is 0.0872. The summed E-state index contributed by atoms with van der Waals surface area (Å²) in [5.74, 6) is -1.81. The average molecular weight is 512 g/mol. The van der Waals surface area contributed by atoms with Crippen LogP contribution in [0.25, 0.3) is 10.2 Å². The van der Waals surface area contributed by atoms with E-state index in [0.29, 0.717) is 24.4 Å². The predicted octanol–water partition coefficient (Wildman–Crippen LogP) is 5.98. The number of amides is 2. The Bertz CT molecular complexity index is 1240. The van der Waals surface area contributed by atoms with Crippen molar-refractivity contribution in [3.63, 3.8) is 0 Å². The van der Waals surface area contributed by atoms with Crippen molar-refractivity contribution in [2.45, 2.75) is 49.8 Å². The summed E-state index contributed by atoms with van der Waals surface area (Å²) in [5, 5.41) is 15.4. The molecule has 1 aromatic heterocycles. The number of hydrogen-bond acceptors (Lipinski definition) is 6. The molecular weight excluding hydrogens is 482 g/mol. The molecule has 7 nitrogen and oxygen atoms in total. The van der Waals surface area contributed by atoms with Gasteiger partial charge in [0.15, 0.2) is 4.34 Å². The fraction of sp³-hybridized carbons (Fsp3) is 0.385. The molecule has 0 saturated heterocycles. The molecule has 2 amide bonds. The number of fused-ring (bicyclic) bond motifs is 1. The second kappa shape index (κ2) is 11.2. The van der Waals surface area contributed by atoms with Crippen LogP contribution in [0.1, 0.15) is 51.0 Å². The van der Waals surface area contributed by atoms with Crippen molar-refractivity contribution in [1.82, 2.24) is 4.98 Å². The number of carbonyl (C=O) groups excluding carboxylic acids is 2. The van der Waals surface area contributed by atoms with Crippen LogP contribution < -0.4 is 10.6 Å². The molecule has 0 bridgehead atoms. The first-order valence-electron chi connectivity index (χ1n) is 11.8. The van der Waals surface area contributed by atoms with Gasteiger partial charge in [0, 0.05) is 11.4 Å². The van der Waals surface area contributed by atoms with Gasteiger partial charge in [0.1, 0.15) is 0 Å². The zero-order chi connectivity index (χ0) is 24.9. The second-order valence-electron chi connectivity index (χ2n) is 9.07. The topological polar surface area (TPSA) is 108 Å². The van der Waals surface area contributed by atoms with Crippen molar-refractivity contribution in [2.75, 3.05) is 16.4 Å². The van der Waals surface area contributed by atoms with E-state index < -0.39 is 17.8 Å². The Labute approximate surface area is 212 Å². The molecule has 1 saturated carbocycles. The van der Waals surface area contributed by atoms with E-state index >= 15 is 0 Å². The molecule has 35 heavy (non-hydrogen) atoms. The van der Waals surface area contributed by atoms with Crippen LogP contribution in [0.5, 0.6) is 0 Å². The molecule has 1 aliphatic rings. The van der Waals surface area contributed by atoms with Gasteiger partial charge in [0.05, 0.1) is 27.8 Å². The third-order valence-electron chi connectivity index (χ3n) is 6.24. The molecule has 9 heteroatoms. The summed E-state index contributed by atoms with van der Waals surface area (Å²) in [5.41, 5.74) is 3.35. The number of carbonyl (C=O) groups is 3. The molecule has 1 fully saturated rings. The number of anilines is 2. The standard InChI is InChI=1S/C26H29N3O4S2/c1-15(2)17-7-5-6-10-20(17)28-23(30)14-34-26-29-21-12-11-16(13-22(21)35-26)27-24(31)18-8-3-4-9-19(18)25(32)33/h5-7,10-13,15,18-19H,3-4,8-9,14H2,1-2H3,(H,27,31)(H,28,30)(H,32,33)/t18-,19-/m0/s1. The summed E-state index contributed by atoms with van der Waals surface area (Å²) >= 11 is 2.84. The number of para-hydroxylation sites is 1. The molecule has 2 aromatic carbocycles. The first-order valence-corrected chi connectivity index (χ1v) is 13.6. The van der Waals surface area contributed by atoms with Crippen molar-refractivity contribution in [3.8, 4) is 0 Å². The van der Waals surface area contributed by atoms with E-state index in [1.807, 2.05) is 36.4 Å². The van der Waals surface area contributed by atoms with Gasteiger partial charge < -0.3 is 15.7 Å². The van der Waals surface area contributed by atoms with Crippen LogP contribution in [0, 0.1) is 11.8 Å². The molecular formula is C26H29N3O4S2. The van der Waals surface area contributed by atoms with Crippen molar-refractivity contribution in [3.05, 3.63) is 48.0 Å². The van der Waals surface area contributed by atoms with Crippen LogP contribution in [0.15, 0.2) is 46.8 Å². The Hall–Kier alpha value is -2.91. The van der Waals surface area contributed by atoms with Crippen LogP contribution in [0.4, 0.5) is 11.4 Å². The number of nitrogens with one attached hydrogen (secondary N) is 2. The van der Waals surface area contributed by atoms with Crippen molar-refractivity contribution in [2.24, 2.45) is 11.8 Å². The normalized spacial score (nSPS) is 17.9. The molecule has 3 aromatic rings. The lowest BCUT2D eigenvalue weighted by Gasteiger charge is -2.27. The smallest absolute Gasteiger partial charge is 0.307 e. The monoisotopic (exact) mass is 511 g/mol. The van der Waals surface area contributed by atoms with E-state index in [2.05, 4.69) is 29.5 Å². The Morgan fingerprint density at radius 2 is 1.83 bits per heavy atom. The number of benzene rings is 2. The van der Waals surface area contributed by atoms with Crippen LogP contribution in [-0.2, 0) is 14.4 Å². The van der Waals surface area contributed by atoms with Gasteiger partial charge in [-0.3, -0.25) is 14.4 Å². The predicted molar refractivity (Wildman–Crippen MR) is 141 cm³/mol. The molecule has 0 radical (unpaired) electrons. The first-order chi connectivity index (χ1) is 16.8. The third-order valence-corrected chi connectivity index (χ3v) is 8.40. The molecule has 0 aliphatic heterocycles. The Morgan fingerprint density at radius 1 is 1.09 bits per heavy atom. The van der Waals surface area contributed by atoms with Crippen molar-refractivity contribution >= 4 is 62.5 Å². The van der Waals surface area contributed by atoms with Gasteiger partial charge in [-0.05, 0) is 48.6 Å². The maximum absolute atomic E-state index is 12.8. The highest BCUT2D eigenvalue weighted by atomic mass is 32.2. The molecule has 2 atom stereocenters. The number of aliphatic carboxylic acids is 1. The molecule has 0 unspecified atom stereocenters. The summed E-state index contributed by atoms with van der Waals surface area (Å²) in [6, 6.07) is 13.3. The maximum Gasteiger partial charge on any atom is 0.307 e. The molecule has 1 aliphatic carbocycles.